The van der Waals surface area contributed by atoms with Gasteiger partial charge >= 0.3 is 13.6 Å². The predicted molar refractivity (Wildman–Crippen MR) is 80.0 cm³/mol. The van der Waals surface area contributed by atoms with Crippen LogP contribution >= 0.6 is 7.60 Å². The Balaban J connectivity index is 4.72. The van der Waals surface area contributed by atoms with Crippen molar-refractivity contribution in [2.24, 2.45) is 0 Å². The van der Waals surface area contributed by atoms with Gasteiger partial charge in [-0.25, -0.2) is 0 Å². The molecule has 20 heavy (non-hydrogen) atoms. The third-order valence-corrected chi connectivity index (χ3v) is 5.59. The maximum atomic E-state index is 12.8. The monoisotopic (exact) mass is 308 g/mol. The lowest BCUT2D eigenvalue weighted by atomic mass is 10.1. The molecule has 0 bridgehead atoms. The number of hydrogen-bond donors (Lipinski definition) is 0. The molecule has 6 heteroatoms. The van der Waals surface area contributed by atoms with E-state index in [0.717, 1.165) is 19.3 Å². The molecule has 0 aliphatic carbocycles. The highest BCUT2D eigenvalue weighted by atomic mass is 31.2. The van der Waals surface area contributed by atoms with Gasteiger partial charge in [-0.15, -0.1) is 0 Å². The van der Waals surface area contributed by atoms with Crippen molar-refractivity contribution in [1.82, 2.24) is 0 Å². The van der Waals surface area contributed by atoms with E-state index >= 15 is 0 Å². The summed E-state index contributed by atoms with van der Waals surface area (Å²) in [4.78, 5) is 11.5. The lowest BCUT2D eigenvalue weighted by molar-refractivity contribution is -0.143. The summed E-state index contributed by atoms with van der Waals surface area (Å²) in [5.41, 5.74) is -0.230. The maximum Gasteiger partial charge on any atom is 0.333 e. The standard InChI is InChI=1S/C14H29O5P/c1-5-9-10-13(11-12-14(15)17-6-2)20(16,18-7-3)19-8-4/h13H,5-12H2,1-4H3/t13-/m1/s1. The Kier molecular flexibility index (Phi) is 11.1. The van der Waals surface area contributed by atoms with Gasteiger partial charge in [0.1, 0.15) is 0 Å². The van der Waals surface area contributed by atoms with Crippen molar-refractivity contribution < 1.29 is 23.1 Å². The van der Waals surface area contributed by atoms with E-state index in [-0.39, 0.29) is 18.0 Å². The zero-order valence-electron chi connectivity index (χ0n) is 13.2. The molecule has 5 nitrogen and oxygen atoms in total. The van der Waals surface area contributed by atoms with Crippen LogP contribution in [0.25, 0.3) is 0 Å². The van der Waals surface area contributed by atoms with E-state index in [4.69, 9.17) is 13.8 Å². The smallest absolute Gasteiger partial charge is 0.333 e. The molecule has 1 atom stereocenters. The summed E-state index contributed by atoms with van der Waals surface area (Å²) in [7, 11) is -3.14. The van der Waals surface area contributed by atoms with Crippen LogP contribution in [-0.2, 0) is 23.1 Å². The second kappa shape index (κ2) is 11.3. The van der Waals surface area contributed by atoms with E-state index in [1.165, 1.54) is 0 Å². The number of unbranched alkanes of at least 4 members (excludes halogenated alkanes) is 1. The molecule has 0 radical (unpaired) electrons. The normalized spacial score (nSPS) is 13.2. The molecule has 0 N–H and O–H groups in total. The largest absolute Gasteiger partial charge is 0.466 e. The van der Waals surface area contributed by atoms with Gasteiger partial charge in [-0.1, -0.05) is 19.8 Å². The molecular formula is C14H29O5P. The van der Waals surface area contributed by atoms with Gasteiger partial charge in [0.15, 0.2) is 0 Å². The minimum absolute atomic E-state index is 0.230. The third-order valence-electron chi connectivity index (χ3n) is 2.94. The second-order valence-corrected chi connectivity index (χ2v) is 6.84. The average Bonchev–Trinajstić information content (AvgIpc) is 2.39. The van der Waals surface area contributed by atoms with E-state index in [1.54, 1.807) is 20.8 Å². The van der Waals surface area contributed by atoms with Gasteiger partial charge in [-0.05, 0) is 33.6 Å². The Hall–Kier alpha value is -0.380. The molecular weight excluding hydrogens is 279 g/mol. The Morgan fingerprint density at radius 2 is 1.60 bits per heavy atom. The SMILES string of the molecule is CCCC[C@H](CCC(=O)OCC)P(=O)(OCC)OCC. The molecule has 0 heterocycles. The summed E-state index contributed by atoms with van der Waals surface area (Å²) in [6.07, 6.45) is 3.43. The number of hydrogen-bond acceptors (Lipinski definition) is 5. The minimum Gasteiger partial charge on any atom is -0.466 e. The van der Waals surface area contributed by atoms with Crippen LogP contribution in [-0.4, -0.2) is 31.4 Å². The van der Waals surface area contributed by atoms with Crippen LogP contribution in [0.2, 0.25) is 0 Å². The zero-order chi connectivity index (χ0) is 15.4. The maximum absolute atomic E-state index is 12.8. The number of rotatable bonds is 12. The van der Waals surface area contributed by atoms with E-state index < -0.39 is 7.60 Å². The summed E-state index contributed by atoms with van der Waals surface area (Å²) < 4.78 is 28.5. The number of ether oxygens (including phenoxy) is 1. The van der Waals surface area contributed by atoms with Gasteiger partial charge in [0.25, 0.3) is 0 Å². The molecule has 120 valence electrons. The zero-order valence-corrected chi connectivity index (χ0v) is 14.1. The Bertz CT molecular complexity index is 296. The molecule has 0 rings (SSSR count). The summed E-state index contributed by atoms with van der Waals surface area (Å²) >= 11 is 0. The van der Waals surface area contributed by atoms with Crippen LogP contribution in [0.15, 0.2) is 0 Å². The van der Waals surface area contributed by atoms with Gasteiger partial charge < -0.3 is 13.8 Å². The molecule has 0 saturated heterocycles. The molecule has 0 aliphatic heterocycles. The fraction of sp³-hybridized carbons (Fsp3) is 0.929. The number of esters is 1. The first-order valence-electron chi connectivity index (χ1n) is 7.58. The fourth-order valence-corrected chi connectivity index (χ4v) is 4.19. The van der Waals surface area contributed by atoms with Crippen molar-refractivity contribution >= 4 is 13.6 Å². The summed E-state index contributed by atoms with van der Waals surface area (Å²) in [5.74, 6) is -0.256. The summed E-state index contributed by atoms with van der Waals surface area (Å²) in [6.45, 7) is 8.51. The molecule has 0 fully saturated rings. The lowest BCUT2D eigenvalue weighted by Gasteiger charge is -2.26. The van der Waals surface area contributed by atoms with Crippen molar-refractivity contribution in [2.75, 3.05) is 19.8 Å². The third kappa shape index (κ3) is 7.41. The van der Waals surface area contributed by atoms with Crippen molar-refractivity contribution in [2.45, 2.75) is 65.5 Å². The number of carbonyl (C=O) groups excluding carboxylic acids is 1. The number of carbonyl (C=O) groups is 1. The summed E-state index contributed by atoms with van der Waals surface area (Å²) in [6, 6.07) is 0. The Morgan fingerprint density at radius 1 is 1.00 bits per heavy atom. The van der Waals surface area contributed by atoms with E-state index in [9.17, 15) is 9.36 Å². The molecule has 0 aromatic rings. The van der Waals surface area contributed by atoms with Crippen LogP contribution in [0.4, 0.5) is 0 Å². The average molecular weight is 308 g/mol. The van der Waals surface area contributed by atoms with E-state index in [1.807, 2.05) is 0 Å². The van der Waals surface area contributed by atoms with Crippen molar-refractivity contribution in [3.8, 4) is 0 Å². The molecule has 0 aliphatic rings. The van der Waals surface area contributed by atoms with Gasteiger partial charge in [0.05, 0.1) is 25.5 Å². The van der Waals surface area contributed by atoms with Gasteiger partial charge in [0.2, 0.25) is 0 Å². The Labute approximate surface area is 122 Å². The van der Waals surface area contributed by atoms with Crippen LogP contribution in [0.3, 0.4) is 0 Å². The van der Waals surface area contributed by atoms with Gasteiger partial charge in [-0.2, -0.15) is 0 Å². The molecule has 0 aromatic carbocycles. The summed E-state index contributed by atoms with van der Waals surface area (Å²) in [5, 5.41) is 0. The lowest BCUT2D eigenvalue weighted by Crippen LogP contribution is -2.16. The highest BCUT2D eigenvalue weighted by Crippen LogP contribution is 2.56. The Morgan fingerprint density at radius 3 is 2.05 bits per heavy atom. The van der Waals surface area contributed by atoms with E-state index in [2.05, 4.69) is 6.92 Å². The van der Waals surface area contributed by atoms with Crippen molar-refractivity contribution in [1.29, 1.82) is 0 Å². The van der Waals surface area contributed by atoms with Gasteiger partial charge in [0, 0.05) is 6.42 Å². The van der Waals surface area contributed by atoms with Crippen LogP contribution in [0, 0.1) is 0 Å². The quantitative estimate of drug-likeness (QED) is 0.400. The molecule has 0 spiro atoms. The fourth-order valence-electron chi connectivity index (χ4n) is 2.03. The second-order valence-electron chi connectivity index (χ2n) is 4.52. The predicted octanol–water partition coefficient (Wildman–Crippen LogP) is 4.15. The highest BCUT2D eigenvalue weighted by molar-refractivity contribution is 7.54. The minimum atomic E-state index is -3.14. The van der Waals surface area contributed by atoms with Crippen LogP contribution in [0.1, 0.15) is 59.8 Å². The molecule has 0 aromatic heterocycles. The van der Waals surface area contributed by atoms with Crippen LogP contribution < -0.4 is 0 Å². The first-order valence-corrected chi connectivity index (χ1v) is 9.19. The van der Waals surface area contributed by atoms with Crippen molar-refractivity contribution in [3.63, 3.8) is 0 Å². The topological polar surface area (TPSA) is 61.8 Å². The molecule has 0 saturated carbocycles. The molecule has 0 unspecified atom stereocenters. The van der Waals surface area contributed by atoms with Crippen molar-refractivity contribution in [3.05, 3.63) is 0 Å². The van der Waals surface area contributed by atoms with Gasteiger partial charge in [-0.3, -0.25) is 9.36 Å². The molecule has 0 amide bonds. The van der Waals surface area contributed by atoms with Crippen LogP contribution in [0.5, 0.6) is 0 Å². The highest BCUT2D eigenvalue weighted by Gasteiger charge is 2.35. The first-order chi connectivity index (χ1) is 9.53. The van der Waals surface area contributed by atoms with E-state index in [0.29, 0.717) is 26.2 Å². The first kappa shape index (κ1) is 19.6.